The molecule has 8 heteroatoms. The monoisotopic (exact) mass is 320 g/mol. The number of hydrogen-bond acceptors (Lipinski definition) is 5. The van der Waals surface area contributed by atoms with Crippen molar-refractivity contribution in [1.82, 2.24) is 21.5 Å². The Kier molecular flexibility index (Phi) is 6.37. The number of hydrogen-bond donors (Lipinski definition) is 4. The van der Waals surface area contributed by atoms with Crippen LogP contribution in [0, 0.1) is 0 Å². The van der Waals surface area contributed by atoms with Gasteiger partial charge in [-0.2, -0.15) is 0 Å². The number of ether oxygens (including phenoxy) is 1. The minimum Gasteiger partial charge on any atom is -0.445 e. The van der Waals surface area contributed by atoms with E-state index in [2.05, 4.69) is 21.5 Å². The fraction of sp³-hybridized carbons (Fsp3) is 0.400. The zero-order chi connectivity index (χ0) is 16.5. The van der Waals surface area contributed by atoms with Crippen molar-refractivity contribution in [3.8, 4) is 0 Å². The Bertz CT molecular complexity index is 544. The highest BCUT2D eigenvalue weighted by Crippen LogP contribution is 2.03. The molecule has 0 bridgehead atoms. The zero-order valence-corrected chi connectivity index (χ0v) is 12.6. The minimum absolute atomic E-state index is 0.123. The lowest BCUT2D eigenvalue weighted by molar-refractivity contribution is -0.129. The van der Waals surface area contributed by atoms with Gasteiger partial charge in [-0.3, -0.25) is 20.4 Å². The van der Waals surface area contributed by atoms with Crippen LogP contribution in [-0.2, 0) is 20.9 Å². The molecule has 0 aromatic heterocycles. The average Bonchev–Trinajstić information content (AvgIpc) is 3.11. The van der Waals surface area contributed by atoms with E-state index in [0.717, 1.165) is 24.9 Å². The van der Waals surface area contributed by atoms with Crippen LogP contribution >= 0.6 is 0 Å². The molecule has 3 amide bonds. The van der Waals surface area contributed by atoms with Gasteiger partial charge >= 0.3 is 6.09 Å². The predicted octanol–water partition coefficient (Wildman–Crippen LogP) is -0.188. The molecule has 0 spiro atoms. The van der Waals surface area contributed by atoms with Crippen molar-refractivity contribution in [3.63, 3.8) is 0 Å². The van der Waals surface area contributed by atoms with E-state index in [0.29, 0.717) is 0 Å². The molecule has 0 saturated carbocycles. The Balaban J connectivity index is 1.58. The summed E-state index contributed by atoms with van der Waals surface area (Å²) in [6.07, 6.45) is 0.972. The molecule has 4 N–H and O–H groups in total. The van der Waals surface area contributed by atoms with Crippen LogP contribution < -0.4 is 21.5 Å². The number of alkyl carbamates (subject to hydrolysis) is 1. The van der Waals surface area contributed by atoms with E-state index in [9.17, 15) is 14.4 Å². The summed E-state index contributed by atoms with van der Waals surface area (Å²) >= 11 is 0. The molecule has 1 aromatic rings. The molecule has 23 heavy (non-hydrogen) atoms. The quantitative estimate of drug-likeness (QED) is 0.563. The standard InChI is InChI=1S/C15H20N4O4/c20-13(18-19-14(21)12-7-4-8-16-12)9-17-15(22)23-10-11-5-2-1-3-6-11/h1-3,5-6,12,16H,4,7-10H2,(H,17,22)(H,18,20)(H,19,21). The molecule has 1 atom stereocenters. The Morgan fingerprint density at radius 3 is 2.65 bits per heavy atom. The highest BCUT2D eigenvalue weighted by atomic mass is 16.5. The van der Waals surface area contributed by atoms with E-state index in [1.54, 1.807) is 0 Å². The number of carbonyl (C=O) groups excluding carboxylic acids is 3. The predicted molar refractivity (Wildman–Crippen MR) is 81.9 cm³/mol. The highest BCUT2D eigenvalue weighted by Gasteiger charge is 2.22. The second kappa shape index (κ2) is 8.74. The Morgan fingerprint density at radius 2 is 1.96 bits per heavy atom. The van der Waals surface area contributed by atoms with Gasteiger partial charge in [0.05, 0.1) is 6.04 Å². The van der Waals surface area contributed by atoms with Gasteiger partial charge in [0.25, 0.3) is 11.8 Å². The molecule has 0 aliphatic carbocycles. The van der Waals surface area contributed by atoms with Gasteiger partial charge in [0.2, 0.25) is 0 Å². The van der Waals surface area contributed by atoms with Crippen LogP contribution in [0.1, 0.15) is 18.4 Å². The average molecular weight is 320 g/mol. The first-order chi connectivity index (χ1) is 11.1. The van der Waals surface area contributed by atoms with Gasteiger partial charge in [0, 0.05) is 0 Å². The number of amides is 3. The third-order valence-electron chi connectivity index (χ3n) is 3.31. The zero-order valence-electron chi connectivity index (χ0n) is 12.6. The van der Waals surface area contributed by atoms with Crippen molar-refractivity contribution in [3.05, 3.63) is 35.9 Å². The molecule has 8 nitrogen and oxygen atoms in total. The molecule has 1 aliphatic rings. The van der Waals surface area contributed by atoms with Crippen molar-refractivity contribution in [2.75, 3.05) is 13.1 Å². The highest BCUT2D eigenvalue weighted by molar-refractivity contribution is 5.87. The molecular weight excluding hydrogens is 300 g/mol. The first-order valence-electron chi connectivity index (χ1n) is 7.42. The van der Waals surface area contributed by atoms with Crippen LogP contribution in [0.25, 0.3) is 0 Å². The molecule has 1 aliphatic heterocycles. The summed E-state index contributed by atoms with van der Waals surface area (Å²) in [6, 6.07) is 8.92. The van der Waals surface area contributed by atoms with Crippen LogP contribution in [0.15, 0.2) is 30.3 Å². The van der Waals surface area contributed by atoms with Gasteiger partial charge < -0.3 is 15.4 Å². The topological polar surface area (TPSA) is 109 Å². The summed E-state index contributed by atoms with van der Waals surface area (Å²) in [5.74, 6) is -0.824. The number of carbonyl (C=O) groups is 3. The van der Waals surface area contributed by atoms with E-state index < -0.39 is 12.0 Å². The lowest BCUT2D eigenvalue weighted by atomic mass is 10.2. The van der Waals surface area contributed by atoms with Crippen molar-refractivity contribution in [2.45, 2.75) is 25.5 Å². The van der Waals surface area contributed by atoms with Gasteiger partial charge in [0.1, 0.15) is 13.2 Å². The lowest BCUT2D eigenvalue weighted by Gasteiger charge is -2.12. The molecule has 1 fully saturated rings. The largest absolute Gasteiger partial charge is 0.445 e. The molecule has 1 heterocycles. The fourth-order valence-corrected chi connectivity index (χ4v) is 2.10. The second-order valence-corrected chi connectivity index (χ2v) is 5.10. The van der Waals surface area contributed by atoms with Gasteiger partial charge in [0.15, 0.2) is 0 Å². The van der Waals surface area contributed by atoms with Crippen LogP contribution in [0.2, 0.25) is 0 Å². The molecule has 1 aromatic carbocycles. The van der Waals surface area contributed by atoms with Gasteiger partial charge in [-0.05, 0) is 24.9 Å². The maximum Gasteiger partial charge on any atom is 0.407 e. The summed E-state index contributed by atoms with van der Waals surface area (Å²) in [6.45, 7) is 0.630. The number of rotatable bonds is 5. The first-order valence-corrected chi connectivity index (χ1v) is 7.42. The summed E-state index contributed by atoms with van der Waals surface area (Å²) in [5, 5.41) is 5.32. The maximum absolute atomic E-state index is 11.6. The van der Waals surface area contributed by atoms with E-state index in [1.807, 2.05) is 30.3 Å². The van der Waals surface area contributed by atoms with Crippen LogP contribution in [-0.4, -0.2) is 37.0 Å². The normalized spacial score (nSPS) is 16.4. The third kappa shape index (κ3) is 5.95. The van der Waals surface area contributed by atoms with Crippen LogP contribution in [0.5, 0.6) is 0 Å². The maximum atomic E-state index is 11.6. The van der Waals surface area contributed by atoms with Gasteiger partial charge in [-0.25, -0.2) is 4.79 Å². The Labute approximate surface area is 133 Å². The molecule has 0 radical (unpaired) electrons. The molecular formula is C15H20N4O4. The van der Waals surface area contributed by atoms with E-state index in [4.69, 9.17) is 4.74 Å². The summed E-state index contributed by atoms with van der Waals surface area (Å²) < 4.78 is 4.96. The van der Waals surface area contributed by atoms with Crippen LogP contribution in [0.4, 0.5) is 4.79 Å². The van der Waals surface area contributed by atoms with E-state index in [-0.39, 0.29) is 25.1 Å². The molecule has 2 rings (SSSR count). The molecule has 124 valence electrons. The van der Waals surface area contributed by atoms with Crippen molar-refractivity contribution < 1.29 is 19.1 Å². The fourth-order valence-electron chi connectivity index (χ4n) is 2.10. The minimum atomic E-state index is -0.701. The van der Waals surface area contributed by atoms with Gasteiger partial charge in [-0.1, -0.05) is 30.3 Å². The summed E-state index contributed by atoms with van der Waals surface area (Å²) in [5.41, 5.74) is 5.40. The van der Waals surface area contributed by atoms with Crippen molar-refractivity contribution in [1.29, 1.82) is 0 Å². The summed E-state index contributed by atoms with van der Waals surface area (Å²) in [4.78, 5) is 34.6. The Morgan fingerprint density at radius 1 is 1.17 bits per heavy atom. The molecule has 1 unspecified atom stereocenters. The van der Waals surface area contributed by atoms with Crippen molar-refractivity contribution in [2.24, 2.45) is 0 Å². The second-order valence-electron chi connectivity index (χ2n) is 5.10. The Hall–Kier alpha value is -2.61. The SMILES string of the molecule is O=C(CNC(=O)OCc1ccccc1)NNC(=O)C1CCCN1. The van der Waals surface area contributed by atoms with E-state index in [1.165, 1.54) is 0 Å². The van der Waals surface area contributed by atoms with Crippen LogP contribution in [0.3, 0.4) is 0 Å². The smallest absolute Gasteiger partial charge is 0.407 e. The van der Waals surface area contributed by atoms with Crippen molar-refractivity contribution >= 4 is 17.9 Å². The summed E-state index contributed by atoms with van der Waals surface area (Å²) in [7, 11) is 0. The molecule has 1 saturated heterocycles. The third-order valence-corrected chi connectivity index (χ3v) is 3.31. The lowest BCUT2D eigenvalue weighted by Crippen LogP contribution is -2.51. The first kappa shape index (κ1) is 16.8. The van der Waals surface area contributed by atoms with Gasteiger partial charge in [-0.15, -0.1) is 0 Å². The number of nitrogens with one attached hydrogen (secondary N) is 4. The number of hydrazine groups is 1. The number of benzene rings is 1. The van der Waals surface area contributed by atoms with E-state index >= 15 is 0 Å².